The highest BCUT2D eigenvalue weighted by Crippen LogP contribution is 1.89. The summed E-state index contributed by atoms with van der Waals surface area (Å²) < 4.78 is 25.9. The van der Waals surface area contributed by atoms with Crippen molar-refractivity contribution >= 4 is 10.1 Å². The molecule has 0 heterocycles. The number of aliphatic hydroxyl groups is 1. The lowest BCUT2D eigenvalue weighted by molar-refractivity contribution is 0.221. The maximum atomic E-state index is 9.19. The second-order valence-electron chi connectivity index (χ2n) is 2.88. The Bertz CT molecular complexity index is 171. The van der Waals surface area contributed by atoms with Crippen molar-refractivity contribution in [3.05, 3.63) is 0 Å². The van der Waals surface area contributed by atoms with Crippen LogP contribution in [0.4, 0.5) is 0 Å². The molecule has 0 bridgehead atoms. The maximum absolute atomic E-state index is 9.19. The molecule has 0 rings (SSSR count). The van der Waals surface area contributed by atoms with Crippen molar-refractivity contribution in [1.29, 1.82) is 0 Å². The van der Waals surface area contributed by atoms with Gasteiger partial charge in [-0.15, -0.1) is 0 Å². The van der Waals surface area contributed by atoms with E-state index < -0.39 is 15.7 Å². The summed E-state index contributed by atoms with van der Waals surface area (Å²) in [5.74, 6) is 0. The van der Waals surface area contributed by atoms with Crippen molar-refractivity contribution in [3.8, 4) is 0 Å². The summed E-state index contributed by atoms with van der Waals surface area (Å²) in [4.78, 5) is 0. The summed E-state index contributed by atoms with van der Waals surface area (Å²) in [6, 6.07) is 0. The van der Waals surface area contributed by atoms with Crippen LogP contribution < -0.4 is 5.73 Å². The van der Waals surface area contributed by atoms with Gasteiger partial charge in [-0.3, -0.25) is 4.55 Å². The quantitative estimate of drug-likeness (QED) is 0.465. The standard InChI is InChI=1S/C4H11NO.CH4O3S/c1-4(2,5)3-6;1-5(2,3)4/h6H,3,5H2,1-2H3;1H3,(H,2,3,4). The number of aliphatic hydroxyl groups excluding tert-OH is 1. The van der Waals surface area contributed by atoms with Crippen LogP contribution in [0, 0.1) is 0 Å². The zero-order valence-electron chi connectivity index (χ0n) is 6.90. The molecular formula is C5H15NO4S. The van der Waals surface area contributed by atoms with Crippen LogP contribution in [-0.4, -0.2) is 36.5 Å². The molecule has 0 radical (unpaired) electrons. The zero-order valence-corrected chi connectivity index (χ0v) is 7.72. The molecule has 0 atom stereocenters. The van der Waals surface area contributed by atoms with E-state index in [0.717, 1.165) is 0 Å². The molecule has 4 N–H and O–H groups in total. The van der Waals surface area contributed by atoms with E-state index in [4.69, 9.17) is 15.4 Å². The first kappa shape index (κ1) is 13.4. The molecule has 0 aromatic carbocycles. The van der Waals surface area contributed by atoms with Gasteiger partial charge in [0, 0.05) is 5.54 Å². The topological polar surface area (TPSA) is 101 Å². The first-order valence-corrected chi connectivity index (χ1v) is 4.73. The Morgan fingerprint density at radius 3 is 1.55 bits per heavy atom. The van der Waals surface area contributed by atoms with Crippen LogP contribution >= 0.6 is 0 Å². The van der Waals surface area contributed by atoms with Gasteiger partial charge in [0.2, 0.25) is 0 Å². The smallest absolute Gasteiger partial charge is 0.261 e. The van der Waals surface area contributed by atoms with Gasteiger partial charge in [0.1, 0.15) is 0 Å². The predicted octanol–water partition coefficient (Wildman–Crippen LogP) is -0.780. The Labute approximate surface area is 67.0 Å². The number of hydrogen-bond acceptors (Lipinski definition) is 4. The van der Waals surface area contributed by atoms with Crippen molar-refractivity contribution in [3.63, 3.8) is 0 Å². The van der Waals surface area contributed by atoms with Gasteiger partial charge in [-0.05, 0) is 13.8 Å². The third-order valence-corrected chi connectivity index (χ3v) is 0.408. The molecule has 0 aromatic rings. The fourth-order valence-corrected chi connectivity index (χ4v) is 0. The van der Waals surface area contributed by atoms with Gasteiger partial charge in [-0.2, -0.15) is 8.42 Å². The Hall–Kier alpha value is -0.170. The second-order valence-corrected chi connectivity index (χ2v) is 4.35. The van der Waals surface area contributed by atoms with E-state index in [1.807, 2.05) is 0 Å². The highest BCUT2D eigenvalue weighted by Gasteiger charge is 2.05. The average molecular weight is 185 g/mol. The molecule has 0 saturated heterocycles. The minimum Gasteiger partial charge on any atom is -0.394 e. The number of rotatable bonds is 1. The molecule has 0 saturated carbocycles. The predicted molar refractivity (Wildman–Crippen MR) is 42.8 cm³/mol. The van der Waals surface area contributed by atoms with Crippen LogP contribution in [0.5, 0.6) is 0 Å². The van der Waals surface area contributed by atoms with Crippen molar-refractivity contribution in [2.24, 2.45) is 5.73 Å². The maximum Gasteiger partial charge on any atom is 0.261 e. The van der Waals surface area contributed by atoms with E-state index in [0.29, 0.717) is 6.26 Å². The van der Waals surface area contributed by atoms with Crippen LogP contribution in [0.1, 0.15) is 13.8 Å². The Morgan fingerprint density at radius 1 is 1.45 bits per heavy atom. The Kier molecular flexibility index (Phi) is 5.68. The Morgan fingerprint density at radius 2 is 1.55 bits per heavy atom. The van der Waals surface area contributed by atoms with Gasteiger partial charge in [-0.25, -0.2) is 0 Å². The summed E-state index contributed by atoms with van der Waals surface area (Å²) >= 11 is 0. The summed E-state index contributed by atoms with van der Waals surface area (Å²) in [5, 5.41) is 8.28. The molecule has 6 heteroatoms. The van der Waals surface area contributed by atoms with Gasteiger partial charge in [0.25, 0.3) is 10.1 Å². The van der Waals surface area contributed by atoms with Crippen molar-refractivity contribution in [1.82, 2.24) is 0 Å². The van der Waals surface area contributed by atoms with Gasteiger partial charge >= 0.3 is 0 Å². The van der Waals surface area contributed by atoms with Crippen LogP contribution in [-0.2, 0) is 10.1 Å². The number of hydrogen-bond donors (Lipinski definition) is 3. The number of nitrogens with two attached hydrogens (primary N) is 1. The summed E-state index contributed by atoms with van der Waals surface area (Å²) in [5.41, 5.74) is 4.88. The summed E-state index contributed by atoms with van der Waals surface area (Å²) in [6.07, 6.45) is 0.715. The van der Waals surface area contributed by atoms with Crippen LogP contribution in [0.3, 0.4) is 0 Å². The van der Waals surface area contributed by atoms with Crippen LogP contribution in [0.2, 0.25) is 0 Å². The lowest BCUT2D eigenvalue weighted by Gasteiger charge is -2.12. The van der Waals surface area contributed by atoms with E-state index in [2.05, 4.69) is 0 Å². The van der Waals surface area contributed by atoms with Gasteiger partial charge in [0.15, 0.2) is 0 Å². The van der Waals surface area contributed by atoms with Crippen LogP contribution in [0.25, 0.3) is 0 Å². The highest BCUT2D eigenvalue weighted by molar-refractivity contribution is 7.85. The first-order valence-electron chi connectivity index (χ1n) is 2.88. The lowest BCUT2D eigenvalue weighted by atomic mass is 10.1. The van der Waals surface area contributed by atoms with E-state index in [9.17, 15) is 8.42 Å². The second kappa shape index (κ2) is 4.66. The van der Waals surface area contributed by atoms with Gasteiger partial charge in [0.05, 0.1) is 12.9 Å². The van der Waals surface area contributed by atoms with Crippen LogP contribution in [0.15, 0.2) is 0 Å². The molecular weight excluding hydrogens is 170 g/mol. The monoisotopic (exact) mass is 185 g/mol. The van der Waals surface area contributed by atoms with Gasteiger partial charge in [-0.1, -0.05) is 0 Å². The summed E-state index contributed by atoms with van der Waals surface area (Å²) in [7, 11) is -3.67. The molecule has 0 unspecified atom stereocenters. The fraction of sp³-hybridized carbons (Fsp3) is 1.00. The van der Waals surface area contributed by atoms with Crippen molar-refractivity contribution in [2.45, 2.75) is 19.4 Å². The molecule has 70 valence electrons. The van der Waals surface area contributed by atoms with E-state index in [1.54, 1.807) is 13.8 Å². The lowest BCUT2D eigenvalue weighted by Crippen LogP contribution is -2.35. The minimum absolute atomic E-state index is 0.0486. The largest absolute Gasteiger partial charge is 0.394 e. The minimum atomic E-state index is -3.67. The molecule has 0 amide bonds. The molecule has 0 aromatic heterocycles. The normalized spacial score (nSPS) is 11.8. The highest BCUT2D eigenvalue weighted by atomic mass is 32.2. The summed E-state index contributed by atoms with van der Waals surface area (Å²) in [6.45, 7) is 3.59. The molecule has 5 nitrogen and oxygen atoms in total. The molecule has 0 spiro atoms. The zero-order chi connectivity index (χ0) is 9.71. The Balaban J connectivity index is 0. The average Bonchev–Trinajstić information content (AvgIpc) is 1.59. The molecule has 0 fully saturated rings. The molecule has 11 heavy (non-hydrogen) atoms. The van der Waals surface area contributed by atoms with Gasteiger partial charge < -0.3 is 10.8 Å². The SMILES string of the molecule is CC(C)(N)CO.CS(=O)(=O)O. The van der Waals surface area contributed by atoms with E-state index >= 15 is 0 Å². The molecule has 0 aliphatic carbocycles. The third-order valence-electron chi connectivity index (χ3n) is 0.408. The van der Waals surface area contributed by atoms with Crippen molar-refractivity contribution < 1.29 is 18.1 Å². The third kappa shape index (κ3) is 75.2. The fourth-order valence-electron chi connectivity index (χ4n) is 0. The van der Waals surface area contributed by atoms with E-state index in [1.165, 1.54) is 0 Å². The van der Waals surface area contributed by atoms with Crippen molar-refractivity contribution in [2.75, 3.05) is 12.9 Å². The van der Waals surface area contributed by atoms with E-state index in [-0.39, 0.29) is 6.61 Å². The molecule has 0 aliphatic rings. The first-order chi connectivity index (χ1) is 4.56. The molecule has 0 aliphatic heterocycles.